The lowest BCUT2D eigenvalue weighted by Crippen LogP contribution is -2.07. The molecule has 0 aliphatic rings. The molecule has 1 radical (unpaired) electrons. The van der Waals surface area contributed by atoms with Gasteiger partial charge in [0.15, 0.2) is 9.84 Å². The molecule has 0 amide bonds. The Morgan fingerprint density at radius 3 is 2.24 bits per heavy atom. The molecule has 111 valence electrons. The quantitative estimate of drug-likeness (QED) is 0.926. The van der Waals surface area contributed by atoms with E-state index in [9.17, 15) is 21.9 Å². The molecule has 5 nitrogen and oxygen atoms in total. The lowest BCUT2D eigenvalue weighted by Gasteiger charge is -2.07. The summed E-state index contributed by atoms with van der Waals surface area (Å²) in [4.78, 5) is -0.418. The van der Waals surface area contributed by atoms with Gasteiger partial charge in [-0.3, -0.25) is 0 Å². The zero-order valence-electron chi connectivity index (χ0n) is 11.1. The largest absolute Gasteiger partial charge is 0.507 e. The van der Waals surface area contributed by atoms with Gasteiger partial charge in [0.1, 0.15) is 5.75 Å². The Morgan fingerprint density at radius 1 is 1.00 bits per heavy atom. The van der Waals surface area contributed by atoms with Crippen LogP contribution in [0.2, 0.25) is 0 Å². The first kappa shape index (κ1) is 15.5. The van der Waals surface area contributed by atoms with E-state index in [1.165, 1.54) is 43.3 Å². The van der Waals surface area contributed by atoms with Gasteiger partial charge in [0.05, 0.1) is 20.4 Å². The Morgan fingerprint density at radius 2 is 1.62 bits per heavy atom. The van der Waals surface area contributed by atoms with Crippen LogP contribution in [0.3, 0.4) is 0 Å². The number of rotatable bonds is 4. The predicted octanol–water partition coefficient (Wildman–Crippen LogP) is 1.82. The molecule has 0 unspecified atom stereocenters. The van der Waals surface area contributed by atoms with E-state index >= 15 is 0 Å². The minimum Gasteiger partial charge on any atom is -0.507 e. The summed E-state index contributed by atoms with van der Waals surface area (Å²) in [7, 11) is -7.43. The summed E-state index contributed by atoms with van der Waals surface area (Å²) in [6, 6.07) is 11.5. The molecule has 0 aliphatic carbocycles. The summed E-state index contributed by atoms with van der Waals surface area (Å²) in [6.07, 6.45) is 0. The van der Waals surface area contributed by atoms with Crippen molar-refractivity contribution in [3.63, 3.8) is 0 Å². The van der Waals surface area contributed by atoms with Crippen LogP contribution >= 0.6 is 0 Å². The van der Waals surface area contributed by atoms with Crippen LogP contribution < -0.4 is 0 Å². The molecule has 0 fully saturated rings. The molecule has 0 aliphatic heterocycles. The van der Waals surface area contributed by atoms with Crippen LogP contribution in [0.4, 0.5) is 0 Å². The first-order valence-electron chi connectivity index (χ1n) is 6.06. The van der Waals surface area contributed by atoms with E-state index in [4.69, 9.17) is 0 Å². The summed E-state index contributed by atoms with van der Waals surface area (Å²) in [6.45, 7) is 1.49. The summed E-state index contributed by atoms with van der Waals surface area (Å²) < 4.78 is 48.5. The molecule has 2 rings (SSSR count). The second-order valence-electron chi connectivity index (χ2n) is 4.28. The van der Waals surface area contributed by atoms with Crippen LogP contribution in [0.25, 0.3) is 0 Å². The molecule has 1 N–H and O–H groups in total. The monoisotopic (exact) mass is 325 g/mol. The van der Waals surface area contributed by atoms with Crippen molar-refractivity contribution in [3.8, 4) is 5.75 Å². The molecular weight excluding hydrogens is 312 g/mol. The van der Waals surface area contributed by atoms with E-state index in [1.807, 2.05) is 0 Å². The minimum absolute atomic E-state index is 0.0498. The van der Waals surface area contributed by atoms with E-state index < -0.39 is 19.7 Å². The first-order chi connectivity index (χ1) is 9.77. The molecule has 2 aromatic rings. The van der Waals surface area contributed by atoms with Gasteiger partial charge in [-0.15, -0.1) is 0 Å². The van der Waals surface area contributed by atoms with E-state index in [1.54, 1.807) is 0 Å². The Kier molecular flexibility index (Phi) is 4.06. The second kappa shape index (κ2) is 5.50. The van der Waals surface area contributed by atoms with Crippen molar-refractivity contribution >= 4 is 19.7 Å². The van der Waals surface area contributed by atoms with Crippen LogP contribution in [0.1, 0.15) is 6.92 Å². The average Bonchev–Trinajstić information content (AvgIpc) is 2.47. The molecule has 2 aromatic carbocycles. The SMILES string of the molecule is CCS(=O)(=O)c1cccc(S(=O)(=O)c2[c]c(O)ccc2)c1. The van der Waals surface area contributed by atoms with Crippen LogP contribution in [0, 0.1) is 6.07 Å². The van der Waals surface area contributed by atoms with E-state index in [0.717, 1.165) is 6.07 Å². The minimum atomic E-state index is -3.93. The highest BCUT2D eigenvalue weighted by Gasteiger charge is 2.21. The molecule has 21 heavy (non-hydrogen) atoms. The molecule has 0 bridgehead atoms. The van der Waals surface area contributed by atoms with Gasteiger partial charge in [0, 0.05) is 6.07 Å². The molecule has 0 aromatic heterocycles. The smallest absolute Gasteiger partial charge is 0.207 e. The van der Waals surface area contributed by atoms with Gasteiger partial charge in [-0.25, -0.2) is 16.8 Å². The number of hydrogen-bond donors (Lipinski definition) is 1. The standard InChI is InChI=1S/C14H13O5S2/c1-2-20(16,17)12-6-4-8-14(10-12)21(18,19)13-7-3-5-11(15)9-13/h3-8,10,15H,2H2,1H3. The number of hydrogen-bond acceptors (Lipinski definition) is 5. The van der Waals surface area contributed by atoms with Gasteiger partial charge >= 0.3 is 0 Å². The van der Waals surface area contributed by atoms with Crippen molar-refractivity contribution < 1.29 is 21.9 Å². The van der Waals surface area contributed by atoms with Crippen molar-refractivity contribution in [2.75, 3.05) is 5.75 Å². The average molecular weight is 325 g/mol. The molecule has 0 heterocycles. The fraction of sp³-hybridized carbons (Fsp3) is 0.143. The number of benzene rings is 2. The zero-order chi connectivity index (χ0) is 15.7. The van der Waals surface area contributed by atoms with Gasteiger partial charge in [-0.2, -0.15) is 0 Å². The Hall–Kier alpha value is -1.86. The topological polar surface area (TPSA) is 88.5 Å². The Labute approximate surface area is 123 Å². The van der Waals surface area contributed by atoms with Gasteiger partial charge < -0.3 is 5.11 Å². The number of phenols is 1. The fourth-order valence-electron chi connectivity index (χ4n) is 1.72. The molecule has 0 atom stereocenters. The first-order valence-corrected chi connectivity index (χ1v) is 9.20. The Balaban J connectivity index is 2.59. The van der Waals surface area contributed by atoms with Gasteiger partial charge in [0.2, 0.25) is 9.84 Å². The highest BCUT2D eigenvalue weighted by atomic mass is 32.2. The second-order valence-corrected chi connectivity index (χ2v) is 8.48. The third-order valence-corrected chi connectivity index (χ3v) is 6.32. The number of sulfone groups is 2. The summed E-state index contributed by atoms with van der Waals surface area (Å²) in [5.41, 5.74) is 0. The molecule has 7 heteroatoms. The summed E-state index contributed by atoms with van der Waals surface area (Å²) in [5, 5.41) is 9.33. The molecule has 0 saturated carbocycles. The van der Waals surface area contributed by atoms with Crippen LogP contribution in [0.15, 0.2) is 57.2 Å². The summed E-state index contributed by atoms with van der Waals surface area (Å²) in [5.74, 6) is -0.414. The van der Waals surface area contributed by atoms with Crippen molar-refractivity contribution in [1.29, 1.82) is 0 Å². The van der Waals surface area contributed by atoms with Crippen molar-refractivity contribution in [1.82, 2.24) is 0 Å². The Bertz CT molecular complexity index is 868. The van der Waals surface area contributed by atoms with Crippen LogP contribution in [-0.4, -0.2) is 27.7 Å². The molecule has 0 spiro atoms. The summed E-state index contributed by atoms with van der Waals surface area (Å²) >= 11 is 0. The zero-order valence-corrected chi connectivity index (χ0v) is 12.8. The fourth-order valence-corrected chi connectivity index (χ4v) is 4.01. The molecule has 0 saturated heterocycles. The predicted molar refractivity (Wildman–Crippen MR) is 76.6 cm³/mol. The maximum absolute atomic E-state index is 12.4. The van der Waals surface area contributed by atoms with E-state index in [2.05, 4.69) is 6.07 Å². The van der Waals surface area contributed by atoms with Crippen molar-refractivity contribution in [2.24, 2.45) is 0 Å². The maximum Gasteiger partial charge on any atom is 0.207 e. The van der Waals surface area contributed by atoms with Crippen molar-refractivity contribution in [2.45, 2.75) is 21.6 Å². The highest BCUT2D eigenvalue weighted by Crippen LogP contribution is 2.25. The van der Waals surface area contributed by atoms with Gasteiger partial charge in [0.25, 0.3) is 0 Å². The maximum atomic E-state index is 12.4. The van der Waals surface area contributed by atoms with Crippen LogP contribution in [-0.2, 0) is 19.7 Å². The third-order valence-electron chi connectivity index (χ3n) is 2.90. The van der Waals surface area contributed by atoms with Gasteiger partial charge in [-0.05, 0) is 30.3 Å². The highest BCUT2D eigenvalue weighted by molar-refractivity contribution is 7.92. The number of aromatic hydroxyl groups is 1. The normalized spacial score (nSPS) is 12.2. The number of phenolic OH excluding ortho intramolecular Hbond substituents is 1. The van der Waals surface area contributed by atoms with Crippen LogP contribution in [0.5, 0.6) is 5.75 Å². The lowest BCUT2D eigenvalue weighted by molar-refractivity contribution is 0.472. The van der Waals surface area contributed by atoms with Gasteiger partial charge in [-0.1, -0.05) is 19.1 Å². The molecular formula is C14H13O5S2. The van der Waals surface area contributed by atoms with E-state index in [-0.39, 0.29) is 26.2 Å². The van der Waals surface area contributed by atoms with E-state index in [0.29, 0.717) is 0 Å². The lowest BCUT2D eigenvalue weighted by atomic mass is 10.3. The van der Waals surface area contributed by atoms with Crippen molar-refractivity contribution in [3.05, 3.63) is 48.5 Å². The third kappa shape index (κ3) is 3.08.